The summed E-state index contributed by atoms with van der Waals surface area (Å²) in [7, 11) is 0. The molecular weight excluding hydrogens is 252 g/mol. The van der Waals surface area contributed by atoms with E-state index in [1.807, 2.05) is 12.1 Å². The van der Waals surface area contributed by atoms with Crippen LogP contribution in [0.4, 0.5) is 0 Å². The first kappa shape index (κ1) is 13.2. The summed E-state index contributed by atoms with van der Waals surface area (Å²) in [6.45, 7) is 1.02. The Kier molecular flexibility index (Phi) is 3.74. The molecule has 0 unspecified atom stereocenters. The fraction of sp³-hybridized carbons (Fsp3) is 0.438. The third-order valence-corrected chi connectivity index (χ3v) is 4.32. The van der Waals surface area contributed by atoms with Crippen LogP contribution in [-0.2, 0) is 6.54 Å². The molecule has 0 aliphatic heterocycles. The molecule has 0 bridgehead atoms. The molecule has 0 radical (unpaired) electrons. The Morgan fingerprint density at radius 2 is 2.05 bits per heavy atom. The van der Waals surface area contributed by atoms with Crippen molar-refractivity contribution in [2.75, 3.05) is 0 Å². The maximum Gasteiger partial charge on any atom is 0.274 e. The third-order valence-electron chi connectivity index (χ3n) is 4.32. The number of hydrogen-bond donors (Lipinski definition) is 2. The fourth-order valence-corrected chi connectivity index (χ4v) is 3.20. The van der Waals surface area contributed by atoms with Gasteiger partial charge in [0.1, 0.15) is 0 Å². The smallest absolute Gasteiger partial charge is 0.274 e. The first-order valence-electron chi connectivity index (χ1n) is 7.31. The van der Waals surface area contributed by atoms with Crippen LogP contribution >= 0.6 is 0 Å². The Balaban J connectivity index is 1.88. The SMILES string of the molecule is O=C(NO)c1ccc2ccn(CC3CCCCC3)c2c1. The zero-order valence-electron chi connectivity index (χ0n) is 11.5. The fourth-order valence-electron chi connectivity index (χ4n) is 3.20. The van der Waals surface area contributed by atoms with Crippen LogP contribution < -0.4 is 5.48 Å². The van der Waals surface area contributed by atoms with Crippen molar-refractivity contribution in [2.24, 2.45) is 5.92 Å². The van der Waals surface area contributed by atoms with Crippen LogP contribution in [0.3, 0.4) is 0 Å². The minimum absolute atomic E-state index is 0.461. The van der Waals surface area contributed by atoms with Gasteiger partial charge in [0.2, 0.25) is 0 Å². The van der Waals surface area contributed by atoms with E-state index in [-0.39, 0.29) is 0 Å². The number of aromatic nitrogens is 1. The van der Waals surface area contributed by atoms with Crippen LogP contribution in [0.15, 0.2) is 30.5 Å². The first-order valence-corrected chi connectivity index (χ1v) is 7.31. The van der Waals surface area contributed by atoms with Crippen LogP contribution in [0, 0.1) is 5.92 Å². The van der Waals surface area contributed by atoms with E-state index in [0.717, 1.165) is 23.4 Å². The van der Waals surface area contributed by atoms with Crippen molar-refractivity contribution in [3.8, 4) is 0 Å². The molecule has 0 saturated heterocycles. The van der Waals surface area contributed by atoms with Crippen LogP contribution in [0.25, 0.3) is 10.9 Å². The van der Waals surface area contributed by atoms with Crippen LogP contribution in [0.2, 0.25) is 0 Å². The molecule has 2 aromatic rings. The average Bonchev–Trinajstić information content (AvgIpc) is 2.90. The molecule has 1 aromatic heterocycles. The topological polar surface area (TPSA) is 54.3 Å². The molecule has 4 nitrogen and oxygen atoms in total. The molecule has 1 aliphatic rings. The predicted molar refractivity (Wildman–Crippen MR) is 77.8 cm³/mol. The number of nitrogens with zero attached hydrogens (tertiary/aromatic N) is 1. The summed E-state index contributed by atoms with van der Waals surface area (Å²) in [5.74, 6) is 0.284. The van der Waals surface area contributed by atoms with E-state index in [1.165, 1.54) is 32.1 Å². The van der Waals surface area contributed by atoms with Gasteiger partial charge in [0.15, 0.2) is 0 Å². The zero-order valence-corrected chi connectivity index (χ0v) is 11.5. The average molecular weight is 272 g/mol. The summed E-state index contributed by atoms with van der Waals surface area (Å²) in [5, 5.41) is 9.87. The molecule has 1 heterocycles. The maximum absolute atomic E-state index is 11.5. The molecule has 1 amide bonds. The highest BCUT2D eigenvalue weighted by atomic mass is 16.5. The second kappa shape index (κ2) is 5.67. The zero-order chi connectivity index (χ0) is 13.9. The number of fused-ring (bicyclic) bond motifs is 1. The molecule has 4 heteroatoms. The monoisotopic (exact) mass is 272 g/mol. The number of benzene rings is 1. The van der Waals surface area contributed by atoms with Gasteiger partial charge in [-0.15, -0.1) is 0 Å². The molecule has 1 aromatic carbocycles. The lowest BCUT2D eigenvalue weighted by Crippen LogP contribution is -2.18. The molecule has 2 N–H and O–H groups in total. The second-order valence-corrected chi connectivity index (χ2v) is 5.69. The van der Waals surface area contributed by atoms with Crippen molar-refractivity contribution in [3.63, 3.8) is 0 Å². The number of nitrogens with one attached hydrogen (secondary N) is 1. The van der Waals surface area contributed by atoms with E-state index in [2.05, 4.69) is 16.8 Å². The Morgan fingerprint density at radius 3 is 2.80 bits per heavy atom. The van der Waals surface area contributed by atoms with Crippen molar-refractivity contribution < 1.29 is 10.0 Å². The lowest BCUT2D eigenvalue weighted by molar-refractivity contribution is 0.0706. The molecule has 1 aliphatic carbocycles. The molecule has 3 rings (SSSR count). The Hall–Kier alpha value is -1.81. The van der Waals surface area contributed by atoms with Crippen molar-refractivity contribution in [2.45, 2.75) is 38.6 Å². The van der Waals surface area contributed by atoms with E-state index in [1.54, 1.807) is 11.5 Å². The minimum atomic E-state index is -0.461. The number of rotatable bonds is 3. The van der Waals surface area contributed by atoms with E-state index < -0.39 is 5.91 Å². The first-order chi connectivity index (χ1) is 9.78. The summed E-state index contributed by atoms with van der Waals surface area (Å²) < 4.78 is 2.24. The third kappa shape index (κ3) is 2.56. The molecule has 20 heavy (non-hydrogen) atoms. The minimum Gasteiger partial charge on any atom is -0.347 e. The van der Waals surface area contributed by atoms with Gasteiger partial charge in [0.25, 0.3) is 5.91 Å². The van der Waals surface area contributed by atoms with E-state index in [9.17, 15) is 4.79 Å². The van der Waals surface area contributed by atoms with Crippen molar-refractivity contribution >= 4 is 16.8 Å². The summed E-state index contributed by atoms with van der Waals surface area (Å²) >= 11 is 0. The maximum atomic E-state index is 11.5. The number of carbonyl (C=O) groups excluding carboxylic acids is 1. The number of carbonyl (C=O) groups is 1. The van der Waals surface area contributed by atoms with Crippen LogP contribution in [0.5, 0.6) is 0 Å². The van der Waals surface area contributed by atoms with Crippen LogP contribution in [0.1, 0.15) is 42.5 Å². The van der Waals surface area contributed by atoms with Gasteiger partial charge in [0.05, 0.1) is 0 Å². The summed E-state index contributed by atoms with van der Waals surface area (Å²) in [4.78, 5) is 11.5. The molecule has 0 atom stereocenters. The van der Waals surface area contributed by atoms with Gasteiger partial charge >= 0.3 is 0 Å². The van der Waals surface area contributed by atoms with Crippen molar-refractivity contribution in [1.82, 2.24) is 10.0 Å². The summed E-state index contributed by atoms with van der Waals surface area (Å²) in [6.07, 6.45) is 8.74. The van der Waals surface area contributed by atoms with Gasteiger partial charge in [-0.1, -0.05) is 25.3 Å². The summed E-state index contributed by atoms with van der Waals surface area (Å²) in [6, 6.07) is 7.60. The van der Waals surface area contributed by atoms with Crippen molar-refractivity contribution in [3.05, 3.63) is 36.0 Å². The van der Waals surface area contributed by atoms with Gasteiger partial charge in [0, 0.05) is 23.8 Å². The van der Waals surface area contributed by atoms with E-state index in [0.29, 0.717) is 5.56 Å². The van der Waals surface area contributed by atoms with Crippen molar-refractivity contribution in [1.29, 1.82) is 0 Å². The van der Waals surface area contributed by atoms with Gasteiger partial charge in [-0.2, -0.15) is 0 Å². The number of amides is 1. The largest absolute Gasteiger partial charge is 0.347 e. The highest BCUT2D eigenvalue weighted by Crippen LogP contribution is 2.27. The predicted octanol–water partition coefficient (Wildman–Crippen LogP) is 3.34. The Morgan fingerprint density at radius 1 is 1.25 bits per heavy atom. The molecular formula is C16H20N2O2. The Labute approximate surface area is 118 Å². The normalized spacial score (nSPS) is 16.4. The van der Waals surface area contributed by atoms with Gasteiger partial charge in [-0.05, 0) is 42.3 Å². The number of hydroxylamine groups is 1. The van der Waals surface area contributed by atoms with Crippen LogP contribution in [-0.4, -0.2) is 15.7 Å². The number of hydrogen-bond acceptors (Lipinski definition) is 2. The summed E-state index contributed by atoms with van der Waals surface area (Å²) in [5.41, 5.74) is 3.25. The molecule has 1 fully saturated rings. The highest BCUT2D eigenvalue weighted by molar-refractivity contribution is 5.97. The Bertz CT molecular complexity index is 612. The van der Waals surface area contributed by atoms with Gasteiger partial charge in [-0.3, -0.25) is 10.0 Å². The van der Waals surface area contributed by atoms with E-state index in [4.69, 9.17) is 5.21 Å². The quantitative estimate of drug-likeness (QED) is 0.665. The molecule has 0 spiro atoms. The van der Waals surface area contributed by atoms with E-state index >= 15 is 0 Å². The second-order valence-electron chi connectivity index (χ2n) is 5.69. The highest BCUT2D eigenvalue weighted by Gasteiger charge is 2.15. The molecule has 106 valence electrons. The standard InChI is InChI=1S/C16H20N2O2/c19-16(17-20)14-7-6-13-8-9-18(15(13)10-14)11-12-4-2-1-3-5-12/h6-10,12,20H,1-5,11H2,(H,17,19). The lowest BCUT2D eigenvalue weighted by Gasteiger charge is -2.22. The van der Waals surface area contributed by atoms with Gasteiger partial charge < -0.3 is 4.57 Å². The van der Waals surface area contributed by atoms with Gasteiger partial charge in [-0.25, -0.2) is 5.48 Å². The molecule has 1 saturated carbocycles. The lowest BCUT2D eigenvalue weighted by atomic mass is 9.89.